The molecular weight excluding hydrogens is 242 g/mol. The topological polar surface area (TPSA) is 46.6 Å². The summed E-state index contributed by atoms with van der Waals surface area (Å²) in [6.07, 6.45) is 1.74. The SMILES string of the molecule is COc1ccc(C(=O)CCN2CCC(=O)CC2)cc1. The lowest BCUT2D eigenvalue weighted by Gasteiger charge is -2.25. The average Bonchev–Trinajstić information content (AvgIpc) is 2.46. The minimum Gasteiger partial charge on any atom is -0.497 e. The summed E-state index contributed by atoms with van der Waals surface area (Å²) >= 11 is 0. The largest absolute Gasteiger partial charge is 0.497 e. The number of carbonyl (C=O) groups is 2. The molecule has 1 heterocycles. The first-order valence-electron chi connectivity index (χ1n) is 6.60. The van der Waals surface area contributed by atoms with Crippen molar-refractivity contribution in [3.8, 4) is 5.75 Å². The second-order valence-corrected chi connectivity index (χ2v) is 4.78. The molecular formula is C15H19NO3. The first-order valence-corrected chi connectivity index (χ1v) is 6.60. The van der Waals surface area contributed by atoms with E-state index in [-0.39, 0.29) is 5.78 Å². The van der Waals surface area contributed by atoms with Crippen LogP contribution in [0.15, 0.2) is 24.3 Å². The van der Waals surface area contributed by atoms with Crippen molar-refractivity contribution in [2.24, 2.45) is 0 Å². The molecule has 0 atom stereocenters. The fraction of sp³-hybridized carbons (Fsp3) is 0.467. The fourth-order valence-corrected chi connectivity index (χ4v) is 2.21. The van der Waals surface area contributed by atoms with Gasteiger partial charge in [-0.15, -0.1) is 0 Å². The third-order valence-electron chi connectivity index (χ3n) is 3.48. The highest BCUT2D eigenvalue weighted by molar-refractivity contribution is 5.96. The number of ketones is 2. The molecule has 102 valence electrons. The summed E-state index contributed by atoms with van der Waals surface area (Å²) in [6.45, 7) is 2.31. The number of carbonyl (C=O) groups excluding carboxylic acids is 2. The Bertz CT molecular complexity index is 443. The van der Waals surface area contributed by atoms with E-state index >= 15 is 0 Å². The number of likely N-dealkylation sites (tertiary alicyclic amines) is 1. The Morgan fingerprint density at radius 2 is 1.84 bits per heavy atom. The third kappa shape index (κ3) is 3.89. The number of methoxy groups -OCH3 is 1. The van der Waals surface area contributed by atoms with Crippen LogP contribution in [0.3, 0.4) is 0 Å². The van der Waals surface area contributed by atoms with Crippen LogP contribution in [0.4, 0.5) is 0 Å². The lowest BCUT2D eigenvalue weighted by Crippen LogP contribution is -2.35. The second-order valence-electron chi connectivity index (χ2n) is 4.78. The van der Waals surface area contributed by atoms with Gasteiger partial charge in [-0.05, 0) is 24.3 Å². The van der Waals surface area contributed by atoms with Crippen LogP contribution < -0.4 is 4.74 Å². The first-order chi connectivity index (χ1) is 9.19. The summed E-state index contributed by atoms with van der Waals surface area (Å²) < 4.78 is 5.06. The van der Waals surface area contributed by atoms with Crippen LogP contribution in [-0.2, 0) is 4.79 Å². The van der Waals surface area contributed by atoms with E-state index in [0.29, 0.717) is 30.6 Å². The zero-order valence-electron chi connectivity index (χ0n) is 11.2. The van der Waals surface area contributed by atoms with Crippen molar-refractivity contribution < 1.29 is 14.3 Å². The van der Waals surface area contributed by atoms with Crippen molar-refractivity contribution in [3.05, 3.63) is 29.8 Å². The lowest BCUT2D eigenvalue weighted by atomic mass is 10.1. The van der Waals surface area contributed by atoms with Gasteiger partial charge in [0.25, 0.3) is 0 Å². The number of Topliss-reactive ketones (excluding diaryl/α,β-unsaturated/α-hetero) is 2. The molecule has 0 aliphatic carbocycles. The van der Waals surface area contributed by atoms with E-state index < -0.39 is 0 Å². The smallest absolute Gasteiger partial charge is 0.164 e. The van der Waals surface area contributed by atoms with Gasteiger partial charge in [0, 0.05) is 44.5 Å². The van der Waals surface area contributed by atoms with E-state index in [9.17, 15) is 9.59 Å². The van der Waals surface area contributed by atoms with Crippen LogP contribution in [0.5, 0.6) is 5.75 Å². The molecule has 0 aromatic heterocycles. The molecule has 19 heavy (non-hydrogen) atoms. The van der Waals surface area contributed by atoms with Gasteiger partial charge in [-0.3, -0.25) is 9.59 Å². The highest BCUT2D eigenvalue weighted by Gasteiger charge is 2.17. The number of piperidine rings is 1. The van der Waals surface area contributed by atoms with Gasteiger partial charge >= 0.3 is 0 Å². The van der Waals surface area contributed by atoms with E-state index in [0.717, 1.165) is 25.4 Å². The van der Waals surface area contributed by atoms with Crippen LogP contribution in [0, 0.1) is 0 Å². The molecule has 0 unspecified atom stereocenters. The predicted octanol–water partition coefficient (Wildman–Crippen LogP) is 1.93. The maximum Gasteiger partial charge on any atom is 0.164 e. The molecule has 2 rings (SSSR count). The minimum atomic E-state index is 0.138. The molecule has 0 amide bonds. The summed E-state index contributed by atoms with van der Waals surface area (Å²) in [6, 6.07) is 7.18. The maximum absolute atomic E-state index is 12.0. The van der Waals surface area contributed by atoms with Crippen LogP contribution in [0.1, 0.15) is 29.6 Å². The summed E-state index contributed by atoms with van der Waals surface area (Å²) in [5, 5.41) is 0. The Balaban J connectivity index is 1.81. The number of nitrogens with zero attached hydrogens (tertiary/aromatic N) is 1. The van der Waals surface area contributed by atoms with Crippen molar-refractivity contribution in [1.82, 2.24) is 4.90 Å². The first kappa shape index (κ1) is 13.7. The zero-order chi connectivity index (χ0) is 13.7. The molecule has 1 fully saturated rings. The Labute approximate surface area is 113 Å². The lowest BCUT2D eigenvalue weighted by molar-refractivity contribution is -0.121. The summed E-state index contributed by atoms with van der Waals surface area (Å²) in [7, 11) is 1.61. The van der Waals surface area contributed by atoms with E-state index in [2.05, 4.69) is 4.90 Å². The van der Waals surface area contributed by atoms with Crippen molar-refractivity contribution in [2.75, 3.05) is 26.7 Å². The highest BCUT2D eigenvalue weighted by atomic mass is 16.5. The quantitative estimate of drug-likeness (QED) is 0.760. The highest BCUT2D eigenvalue weighted by Crippen LogP contribution is 2.13. The monoisotopic (exact) mass is 261 g/mol. The maximum atomic E-state index is 12.0. The van der Waals surface area contributed by atoms with E-state index in [1.54, 1.807) is 31.4 Å². The molecule has 0 saturated carbocycles. The third-order valence-corrected chi connectivity index (χ3v) is 3.48. The summed E-state index contributed by atoms with van der Waals surface area (Å²) in [4.78, 5) is 25.3. The van der Waals surface area contributed by atoms with Gasteiger partial charge in [0.2, 0.25) is 0 Å². The van der Waals surface area contributed by atoms with Crippen molar-refractivity contribution in [2.45, 2.75) is 19.3 Å². The Hall–Kier alpha value is -1.68. The number of ether oxygens (including phenoxy) is 1. The van der Waals surface area contributed by atoms with Gasteiger partial charge in [0.1, 0.15) is 11.5 Å². The van der Waals surface area contributed by atoms with Crippen LogP contribution in [0.2, 0.25) is 0 Å². The van der Waals surface area contributed by atoms with Crippen molar-refractivity contribution in [3.63, 3.8) is 0 Å². The molecule has 0 N–H and O–H groups in total. The van der Waals surface area contributed by atoms with Gasteiger partial charge in [-0.1, -0.05) is 0 Å². The Kier molecular flexibility index (Phi) is 4.68. The van der Waals surface area contributed by atoms with Gasteiger partial charge in [-0.25, -0.2) is 0 Å². The van der Waals surface area contributed by atoms with Crippen LogP contribution in [0.25, 0.3) is 0 Å². The number of hydrogen-bond acceptors (Lipinski definition) is 4. The molecule has 1 aromatic rings. The summed E-state index contributed by atoms with van der Waals surface area (Å²) in [5.74, 6) is 1.23. The molecule has 0 spiro atoms. The zero-order valence-corrected chi connectivity index (χ0v) is 11.2. The van der Waals surface area contributed by atoms with Gasteiger partial charge in [-0.2, -0.15) is 0 Å². The molecule has 1 aliphatic heterocycles. The Morgan fingerprint density at radius 1 is 1.21 bits per heavy atom. The molecule has 1 saturated heterocycles. The van der Waals surface area contributed by atoms with Crippen LogP contribution in [-0.4, -0.2) is 43.2 Å². The molecule has 0 bridgehead atoms. The molecule has 4 heteroatoms. The molecule has 1 aromatic carbocycles. The van der Waals surface area contributed by atoms with Crippen molar-refractivity contribution in [1.29, 1.82) is 0 Å². The molecule has 1 aliphatic rings. The van der Waals surface area contributed by atoms with Gasteiger partial charge in [0.15, 0.2) is 5.78 Å². The summed E-state index contributed by atoms with van der Waals surface area (Å²) in [5.41, 5.74) is 0.717. The normalized spacial score (nSPS) is 16.4. The average molecular weight is 261 g/mol. The minimum absolute atomic E-state index is 0.138. The number of rotatable bonds is 5. The fourth-order valence-electron chi connectivity index (χ4n) is 2.21. The predicted molar refractivity (Wildman–Crippen MR) is 72.6 cm³/mol. The van der Waals surface area contributed by atoms with Crippen molar-refractivity contribution >= 4 is 11.6 Å². The van der Waals surface area contributed by atoms with E-state index in [1.807, 2.05) is 0 Å². The Morgan fingerprint density at radius 3 is 2.42 bits per heavy atom. The number of benzene rings is 1. The second kappa shape index (κ2) is 6.48. The van der Waals surface area contributed by atoms with E-state index in [1.165, 1.54) is 0 Å². The standard InChI is InChI=1S/C15H19NO3/c1-19-14-4-2-12(3-5-14)15(18)8-11-16-9-6-13(17)7-10-16/h2-5H,6-11H2,1H3. The molecule has 4 nitrogen and oxygen atoms in total. The molecule has 0 radical (unpaired) electrons. The van der Waals surface area contributed by atoms with Gasteiger partial charge < -0.3 is 9.64 Å². The van der Waals surface area contributed by atoms with Gasteiger partial charge in [0.05, 0.1) is 7.11 Å². The van der Waals surface area contributed by atoms with Crippen LogP contribution >= 0.6 is 0 Å². The van der Waals surface area contributed by atoms with E-state index in [4.69, 9.17) is 4.74 Å². The number of hydrogen-bond donors (Lipinski definition) is 0.